The number of nitrogens with one attached hydrogen (secondary N) is 1. The third-order valence-electron chi connectivity index (χ3n) is 3.66. The topological polar surface area (TPSA) is 49.4 Å². The molecule has 0 bridgehead atoms. The van der Waals surface area contributed by atoms with Crippen molar-refractivity contribution in [3.05, 3.63) is 0 Å². The van der Waals surface area contributed by atoms with Crippen LogP contribution in [0.2, 0.25) is 0 Å². The van der Waals surface area contributed by atoms with E-state index in [2.05, 4.69) is 12.2 Å². The monoisotopic (exact) mass is 224 g/mol. The van der Waals surface area contributed by atoms with Crippen molar-refractivity contribution in [3.63, 3.8) is 0 Å². The Kier molecular flexibility index (Phi) is 2.68. The highest BCUT2D eigenvalue weighted by atomic mass is 16.2. The predicted molar refractivity (Wildman–Crippen MR) is 60.8 cm³/mol. The first-order valence-corrected chi connectivity index (χ1v) is 6.00. The Morgan fingerprint density at radius 3 is 2.56 bits per heavy atom. The lowest BCUT2D eigenvalue weighted by Crippen LogP contribution is -2.60. The lowest BCUT2D eigenvalue weighted by atomic mass is 9.75. The zero-order valence-corrected chi connectivity index (χ0v) is 10.2. The van der Waals surface area contributed by atoms with E-state index in [0.717, 1.165) is 18.8 Å². The Bertz CT molecular complexity index is 319. The third-order valence-corrected chi connectivity index (χ3v) is 3.66. The van der Waals surface area contributed by atoms with Gasteiger partial charge in [0.05, 0.1) is 5.41 Å². The number of rotatable bonds is 2. The SMILES string of the molecule is CC1CC(CN2C(=O)NCC(C)(C)C2=O)C1. The van der Waals surface area contributed by atoms with Gasteiger partial charge in [-0.05, 0) is 38.5 Å². The first-order chi connectivity index (χ1) is 7.40. The maximum atomic E-state index is 12.1. The van der Waals surface area contributed by atoms with Crippen LogP contribution in [0, 0.1) is 17.3 Å². The Morgan fingerprint density at radius 1 is 1.38 bits per heavy atom. The zero-order chi connectivity index (χ0) is 11.9. The van der Waals surface area contributed by atoms with Crippen molar-refractivity contribution in [3.8, 4) is 0 Å². The van der Waals surface area contributed by atoms with Crippen molar-refractivity contribution in [2.24, 2.45) is 17.3 Å². The van der Waals surface area contributed by atoms with Gasteiger partial charge >= 0.3 is 6.03 Å². The number of carbonyl (C=O) groups excluding carboxylic acids is 2. The molecule has 16 heavy (non-hydrogen) atoms. The molecule has 90 valence electrons. The van der Waals surface area contributed by atoms with Gasteiger partial charge in [-0.25, -0.2) is 4.79 Å². The molecule has 2 fully saturated rings. The van der Waals surface area contributed by atoms with Crippen LogP contribution in [0.4, 0.5) is 4.79 Å². The fraction of sp³-hybridized carbons (Fsp3) is 0.833. The summed E-state index contributed by atoms with van der Waals surface area (Å²) in [6, 6.07) is -0.219. The van der Waals surface area contributed by atoms with E-state index in [0.29, 0.717) is 19.0 Å². The molecule has 1 saturated heterocycles. The minimum Gasteiger partial charge on any atom is -0.337 e. The van der Waals surface area contributed by atoms with Crippen LogP contribution < -0.4 is 5.32 Å². The largest absolute Gasteiger partial charge is 0.337 e. The lowest BCUT2D eigenvalue weighted by molar-refractivity contribution is -0.139. The van der Waals surface area contributed by atoms with Crippen LogP contribution in [-0.4, -0.2) is 29.9 Å². The summed E-state index contributed by atoms with van der Waals surface area (Å²) < 4.78 is 0. The van der Waals surface area contributed by atoms with Crippen molar-refractivity contribution in [1.29, 1.82) is 0 Å². The molecule has 1 saturated carbocycles. The van der Waals surface area contributed by atoms with Gasteiger partial charge in [0.25, 0.3) is 0 Å². The maximum Gasteiger partial charge on any atom is 0.324 e. The molecule has 1 heterocycles. The van der Waals surface area contributed by atoms with Gasteiger partial charge in [-0.1, -0.05) is 6.92 Å². The average Bonchev–Trinajstić information content (AvgIpc) is 2.16. The molecule has 0 aromatic heterocycles. The molecule has 3 amide bonds. The lowest BCUT2D eigenvalue weighted by Gasteiger charge is -2.41. The van der Waals surface area contributed by atoms with Gasteiger partial charge in [-0.15, -0.1) is 0 Å². The first-order valence-electron chi connectivity index (χ1n) is 6.00. The van der Waals surface area contributed by atoms with Crippen molar-refractivity contribution >= 4 is 11.9 Å². The minimum atomic E-state index is -0.455. The molecule has 0 unspecified atom stereocenters. The van der Waals surface area contributed by atoms with E-state index >= 15 is 0 Å². The van der Waals surface area contributed by atoms with Crippen LogP contribution in [0.15, 0.2) is 0 Å². The van der Waals surface area contributed by atoms with Crippen molar-refractivity contribution in [2.45, 2.75) is 33.6 Å². The van der Waals surface area contributed by atoms with Gasteiger partial charge in [0, 0.05) is 13.1 Å². The summed E-state index contributed by atoms with van der Waals surface area (Å²) >= 11 is 0. The van der Waals surface area contributed by atoms with Crippen molar-refractivity contribution in [2.75, 3.05) is 13.1 Å². The average molecular weight is 224 g/mol. The Labute approximate surface area is 96.4 Å². The van der Waals surface area contributed by atoms with Crippen molar-refractivity contribution in [1.82, 2.24) is 10.2 Å². The molecule has 0 aromatic rings. The summed E-state index contributed by atoms with van der Waals surface area (Å²) in [6.07, 6.45) is 2.27. The van der Waals surface area contributed by atoms with E-state index < -0.39 is 5.41 Å². The summed E-state index contributed by atoms with van der Waals surface area (Å²) in [4.78, 5) is 25.1. The van der Waals surface area contributed by atoms with E-state index in [-0.39, 0.29) is 11.9 Å². The van der Waals surface area contributed by atoms with E-state index in [4.69, 9.17) is 0 Å². The van der Waals surface area contributed by atoms with Crippen LogP contribution in [0.3, 0.4) is 0 Å². The second-order valence-corrected chi connectivity index (χ2v) is 5.90. The molecule has 2 aliphatic rings. The Morgan fingerprint density at radius 2 is 2.00 bits per heavy atom. The molecule has 4 nitrogen and oxygen atoms in total. The molecule has 2 rings (SSSR count). The molecule has 4 heteroatoms. The fourth-order valence-corrected chi connectivity index (χ4v) is 2.57. The molecule has 1 aliphatic carbocycles. The Balaban J connectivity index is 2.00. The minimum absolute atomic E-state index is 0.0317. The predicted octanol–water partition coefficient (Wildman–Crippen LogP) is 1.61. The summed E-state index contributed by atoms with van der Waals surface area (Å²) in [6.45, 7) is 7.01. The van der Waals surface area contributed by atoms with Crippen molar-refractivity contribution < 1.29 is 9.59 Å². The first kappa shape index (κ1) is 11.4. The Hall–Kier alpha value is -1.06. The third kappa shape index (κ3) is 1.93. The van der Waals surface area contributed by atoms with Crippen LogP contribution in [-0.2, 0) is 4.79 Å². The van der Waals surface area contributed by atoms with E-state index in [9.17, 15) is 9.59 Å². The van der Waals surface area contributed by atoms with E-state index in [1.807, 2.05) is 13.8 Å². The molecule has 1 aliphatic heterocycles. The summed E-state index contributed by atoms with van der Waals surface area (Å²) in [5, 5.41) is 2.78. The van der Waals surface area contributed by atoms with Gasteiger partial charge in [0.2, 0.25) is 5.91 Å². The zero-order valence-electron chi connectivity index (χ0n) is 10.2. The summed E-state index contributed by atoms with van der Waals surface area (Å²) in [7, 11) is 0. The second kappa shape index (κ2) is 3.75. The van der Waals surface area contributed by atoms with Gasteiger partial charge in [-0.2, -0.15) is 0 Å². The number of amides is 3. The highest BCUT2D eigenvalue weighted by Crippen LogP contribution is 2.34. The highest BCUT2D eigenvalue weighted by Gasteiger charge is 2.42. The van der Waals surface area contributed by atoms with Crippen LogP contribution in [0.1, 0.15) is 33.6 Å². The normalized spacial score (nSPS) is 33.3. The second-order valence-electron chi connectivity index (χ2n) is 5.90. The quantitative estimate of drug-likeness (QED) is 0.774. The van der Waals surface area contributed by atoms with Gasteiger partial charge < -0.3 is 5.32 Å². The highest BCUT2D eigenvalue weighted by molar-refractivity contribution is 5.99. The summed E-state index contributed by atoms with van der Waals surface area (Å²) in [5.41, 5.74) is -0.455. The maximum absolute atomic E-state index is 12.1. The molecule has 1 N–H and O–H groups in total. The molecule has 0 spiro atoms. The van der Waals surface area contributed by atoms with Crippen LogP contribution in [0.5, 0.6) is 0 Å². The molecule has 0 atom stereocenters. The number of hydrogen-bond acceptors (Lipinski definition) is 2. The smallest absolute Gasteiger partial charge is 0.324 e. The van der Waals surface area contributed by atoms with Crippen LogP contribution >= 0.6 is 0 Å². The van der Waals surface area contributed by atoms with Gasteiger partial charge in [-0.3, -0.25) is 9.69 Å². The van der Waals surface area contributed by atoms with E-state index in [1.54, 1.807) is 0 Å². The standard InChI is InChI=1S/C12H20N2O2/c1-8-4-9(5-8)6-14-10(15)12(2,3)7-13-11(14)16/h8-9H,4-7H2,1-3H3,(H,13,16). The molecular weight excluding hydrogens is 204 g/mol. The number of urea groups is 1. The molecular formula is C12H20N2O2. The molecule has 0 aromatic carbocycles. The number of hydrogen-bond donors (Lipinski definition) is 1. The number of imide groups is 1. The number of nitrogens with zero attached hydrogens (tertiary/aromatic N) is 1. The van der Waals surface area contributed by atoms with Gasteiger partial charge in [0.1, 0.15) is 0 Å². The van der Waals surface area contributed by atoms with Gasteiger partial charge in [0.15, 0.2) is 0 Å². The summed E-state index contributed by atoms with van der Waals surface area (Å²) in [5.74, 6) is 1.23. The fourth-order valence-electron chi connectivity index (χ4n) is 2.57. The van der Waals surface area contributed by atoms with Crippen LogP contribution in [0.25, 0.3) is 0 Å². The van der Waals surface area contributed by atoms with E-state index in [1.165, 1.54) is 4.90 Å². The molecule has 0 radical (unpaired) electrons. The number of carbonyl (C=O) groups is 2.